The molecule has 0 fully saturated rings. The van der Waals surface area contributed by atoms with Crippen LogP contribution in [0.2, 0.25) is 0 Å². The van der Waals surface area contributed by atoms with E-state index in [2.05, 4.69) is 10.6 Å². The van der Waals surface area contributed by atoms with Crippen LogP contribution in [0.4, 0.5) is 0 Å². The molecule has 0 unspecified atom stereocenters. The second-order valence-electron chi connectivity index (χ2n) is 6.54. The second kappa shape index (κ2) is 6.73. The summed E-state index contributed by atoms with van der Waals surface area (Å²) in [7, 11) is 3.67. The summed E-state index contributed by atoms with van der Waals surface area (Å²) in [6.45, 7) is 4.96. The van der Waals surface area contributed by atoms with E-state index in [1.54, 1.807) is 21.3 Å². The van der Waals surface area contributed by atoms with Crippen molar-refractivity contribution in [1.82, 2.24) is 19.8 Å². The second-order valence-corrected chi connectivity index (χ2v) is 6.54. The summed E-state index contributed by atoms with van der Waals surface area (Å²) in [5.41, 5.74) is 0.990. The molecule has 0 aliphatic carbocycles. The van der Waals surface area contributed by atoms with Crippen molar-refractivity contribution in [3.05, 3.63) is 48.0 Å². The third kappa shape index (κ3) is 4.25. The lowest BCUT2D eigenvalue weighted by molar-refractivity contribution is 0.0911. The van der Waals surface area contributed by atoms with E-state index >= 15 is 0 Å². The first kappa shape index (κ1) is 16.9. The van der Waals surface area contributed by atoms with Crippen molar-refractivity contribution >= 4 is 11.8 Å². The lowest BCUT2D eigenvalue weighted by Gasteiger charge is -2.25. The van der Waals surface area contributed by atoms with Crippen molar-refractivity contribution in [3.63, 3.8) is 0 Å². The van der Waals surface area contributed by atoms with Crippen LogP contribution in [0.25, 0.3) is 0 Å². The van der Waals surface area contributed by atoms with Gasteiger partial charge in [-0.1, -0.05) is 13.8 Å². The Labute approximate surface area is 136 Å². The first-order valence-electron chi connectivity index (χ1n) is 7.59. The highest BCUT2D eigenvalue weighted by molar-refractivity contribution is 5.93. The van der Waals surface area contributed by atoms with Gasteiger partial charge < -0.3 is 19.8 Å². The maximum absolute atomic E-state index is 12.1. The average Bonchev–Trinajstić information content (AvgIpc) is 3.11. The molecular formula is C17H24N4O2. The molecule has 2 N–H and O–H groups in total. The molecule has 23 heavy (non-hydrogen) atoms. The molecule has 0 radical (unpaired) electrons. The smallest absolute Gasteiger partial charge is 0.267 e. The van der Waals surface area contributed by atoms with Crippen molar-refractivity contribution in [2.45, 2.75) is 13.8 Å². The minimum Gasteiger partial charge on any atom is -0.350 e. The molecular weight excluding hydrogens is 292 g/mol. The number of nitrogens with zero attached hydrogens (tertiary/aromatic N) is 2. The molecule has 124 valence electrons. The van der Waals surface area contributed by atoms with E-state index in [1.165, 1.54) is 0 Å². The maximum atomic E-state index is 12.1. The number of nitrogens with one attached hydrogen (secondary N) is 2. The quantitative estimate of drug-likeness (QED) is 0.849. The summed E-state index contributed by atoms with van der Waals surface area (Å²) in [5, 5.41) is 5.84. The summed E-state index contributed by atoms with van der Waals surface area (Å²) < 4.78 is 3.55. The Kier molecular flexibility index (Phi) is 4.93. The van der Waals surface area contributed by atoms with Crippen LogP contribution in [0.15, 0.2) is 36.7 Å². The standard InChI is InChI=1S/C17H24N4O2/c1-17(2,11-18-15(22)13-7-5-9-20(13)3)12-19-16(23)14-8-6-10-21(14)4/h5-10H,11-12H2,1-4H3,(H,18,22)(H,19,23). The van der Waals surface area contributed by atoms with Gasteiger partial charge in [0.1, 0.15) is 11.4 Å². The lowest BCUT2D eigenvalue weighted by atomic mass is 9.93. The van der Waals surface area contributed by atoms with Gasteiger partial charge in [0.15, 0.2) is 0 Å². The van der Waals surface area contributed by atoms with E-state index in [9.17, 15) is 9.59 Å². The van der Waals surface area contributed by atoms with E-state index in [1.807, 2.05) is 52.5 Å². The predicted molar refractivity (Wildman–Crippen MR) is 89.3 cm³/mol. The molecule has 6 heteroatoms. The molecule has 0 aliphatic rings. The number of hydrogen-bond acceptors (Lipinski definition) is 2. The molecule has 0 aromatic carbocycles. The van der Waals surface area contributed by atoms with Gasteiger partial charge in [0, 0.05) is 39.6 Å². The molecule has 2 rings (SSSR count). The normalized spacial score (nSPS) is 11.3. The molecule has 6 nitrogen and oxygen atoms in total. The van der Waals surface area contributed by atoms with Crippen LogP contribution in [-0.4, -0.2) is 34.0 Å². The number of aryl methyl sites for hydroxylation is 2. The highest BCUT2D eigenvalue weighted by atomic mass is 16.2. The summed E-state index contributed by atoms with van der Waals surface area (Å²) >= 11 is 0. The Morgan fingerprint density at radius 1 is 0.913 bits per heavy atom. The number of carbonyl (C=O) groups is 2. The van der Waals surface area contributed by atoms with Gasteiger partial charge in [-0.3, -0.25) is 9.59 Å². The molecule has 0 bridgehead atoms. The fourth-order valence-electron chi connectivity index (χ4n) is 2.28. The van der Waals surface area contributed by atoms with Crippen LogP contribution >= 0.6 is 0 Å². The van der Waals surface area contributed by atoms with Gasteiger partial charge in [0.05, 0.1) is 0 Å². The molecule has 0 spiro atoms. The third-order valence-corrected chi connectivity index (χ3v) is 3.81. The monoisotopic (exact) mass is 316 g/mol. The van der Waals surface area contributed by atoms with Crippen LogP contribution < -0.4 is 10.6 Å². The zero-order valence-electron chi connectivity index (χ0n) is 14.1. The van der Waals surface area contributed by atoms with Crippen molar-refractivity contribution in [2.75, 3.05) is 13.1 Å². The SMILES string of the molecule is Cn1cccc1C(=O)NCC(C)(C)CNC(=O)c1cccn1C. The minimum absolute atomic E-state index is 0.112. The number of aromatic nitrogens is 2. The summed E-state index contributed by atoms with van der Waals surface area (Å²) in [5.74, 6) is -0.223. The largest absolute Gasteiger partial charge is 0.350 e. The average molecular weight is 316 g/mol. The lowest BCUT2D eigenvalue weighted by Crippen LogP contribution is -2.42. The zero-order chi connectivity index (χ0) is 17.0. The molecule has 0 aliphatic heterocycles. The van der Waals surface area contributed by atoms with Gasteiger partial charge in [-0.25, -0.2) is 0 Å². The van der Waals surface area contributed by atoms with Gasteiger partial charge in [-0.05, 0) is 29.7 Å². The summed E-state index contributed by atoms with van der Waals surface area (Å²) in [6, 6.07) is 7.22. The molecule has 2 amide bonds. The van der Waals surface area contributed by atoms with E-state index in [0.29, 0.717) is 24.5 Å². The van der Waals surface area contributed by atoms with Crippen molar-refractivity contribution < 1.29 is 9.59 Å². The van der Waals surface area contributed by atoms with Crippen LogP contribution in [0.1, 0.15) is 34.8 Å². The van der Waals surface area contributed by atoms with E-state index in [4.69, 9.17) is 0 Å². The van der Waals surface area contributed by atoms with Crippen molar-refractivity contribution in [1.29, 1.82) is 0 Å². The molecule has 0 saturated carbocycles. The Morgan fingerprint density at radius 2 is 1.30 bits per heavy atom. The first-order valence-corrected chi connectivity index (χ1v) is 7.59. The van der Waals surface area contributed by atoms with Gasteiger partial charge in [0.25, 0.3) is 11.8 Å². The number of hydrogen-bond donors (Lipinski definition) is 2. The van der Waals surface area contributed by atoms with E-state index < -0.39 is 0 Å². The third-order valence-electron chi connectivity index (χ3n) is 3.81. The van der Waals surface area contributed by atoms with Crippen LogP contribution in [0.3, 0.4) is 0 Å². The first-order chi connectivity index (χ1) is 10.8. The number of amides is 2. The van der Waals surface area contributed by atoms with Gasteiger partial charge >= 0.3 is 0 Å². The van der Waals surface area contributed by atoms with Gasteiger partial charge in [-0.2, -0.15) is 0 Å². The number of carbonyl (C=O) groups excluding carboxylic acids is 2. The summed E-state index contributed by atoms with van der Waals surface area (Å²) in [6.07, 6.45) is 3.67. The van der Waals surface area contributed by atoms with Gasteiger partial charge in [-0.15, -0.1) is 0 Å². The molecule has 2 aromatic heterocycles. The fourth-order valence-corrected chi connectivity index (χ4v) is 2.28. The Bertz CT molecular complexity index is 639. The topological polar surface area (TPSA) is 68.1 Å². The van der Waals surface area contributed by atoms with E-state index in [0.717, 1.165) is 0 Å². The number of rotatable bonds is 6. The molecule has 0 saturated heterocycles. The minimum atomic E-state index is -0.248. The molecule has 2 heterocycles. The molecule has 0 atom stereocenters. The van der Waals surface area contributed by atoms with Crippen LogP contribution in [0.5, 0.6) is 0 Å². The zero-order valence-corrected chi connectivity index (χ0v) is 14.1. The predicted octanol–water partition coefficient (Wildman–Crippen LogP) is 1.55. The van der Waals surface area contributed by atoms with Crippen molar-refractivity contribution in [2.24, 2.45) is 19.5 Å². The Hall–Kier alpha value is -2.50. The van der Waals surface area contributed by atoms with Crippen LogP contribution in [0, 0.1) is 5.41 Å². The van der Waals surface area contributed by atoms with Crippen molar-refractivity contribution in [3.8, 4) is 0 Å². The molecule has 2 aromatic rings. The Balaban J connectivity index is 1.85. The van der Waals surface area contributed by atoms with Crippen LogP contribution in [-0.2, 0) is 14.1 Å². The van der Waals surface area contributed by atoms with Gasteiger partial charge in [0.2, 0.25) is 0 Å². The fraction of sp³-hybridized carbons (Fsp3) is 0.412. The maximum Gasteiger partial charge on any atom is 0.267 e. The summed E-state index contributed by atoms with van der Waals surface area (Å²) in [4.78, 5) is 24.2. The highest BCUT2D eigenvalue weighted by Crippen LogP contribution is 2.13. The highest BCUT2D eigenvalue weighted by Gasteiger charge is 2.21. The Morgan fingerprint density at radius 3 is 1.61 bits per heavy atom. The van der Waals surface area contributed by atoms with E-state index in [-0.39, 0.29) is 17.2 Å².